The maximum atomic E-state index is 12.0. The molecule has 1 aliphatic rings. The van der Waals surface area contributed by atoms with E-state index in [2.05, 4.69) is 16.0 Å². The van der Waals surface area contributed by atoms with Crippen LogP contribution in [0.5, 0.6) is 0 Å². The number of anilines is 3. The van der Waals surface area contributed by atoms with Gasteiger partial charge in [0, 0.05) is 23.9 Å². The molecule has 0 aromatic heterocycles. The van der Waals surface area contributed by atoms with Crippen molar-refractivity contribution in [3.05, 3.63) is 70.4 Å². The third-order valence-corrected chi connectivity index (χ3v) is 3.29. The van der Waals surface area contributed by atoms with E-state index in [1.807, 2.05) is 0 Å². The third-order valence-electron chi connectivity index (χ3n) is 3.29. The second kappa shape index (κ2) is 6.21. The number of benzene rings is 2. The summed E-state index contributed by atoms with van der Waals surface area (Å²) in [5.74, 6) is -1.02. The molecule has 2 aromatic carbocycles. The smallest absolute Gasteiger partial charge is 0.272 e. The van der Waals surface area contributed by atoms with Gasteiger partial charge >= 0.3 is 0 Å². The average molecular weight is 324 g/mol. The molecule has 0 radical (unpaired) electrons. The standard InChI is InChI=1S/C16H12N4O4/c21-15(17-10-4-3-5-11(8-10)20(23)24)9-14-16(22)19-13-7-2-1-6-12(13)18-14/h1-9,18H,(H,17,21)(H,19,22)/b14-9-. The van der Waals surface area contributed by atoms with Crippen molar-refractivity contribution in [2.24, 2.45) is 0 Å². The molecular weight excluding hydrogens is 312 g/mol. The lowest BCUT2D eigenvalue weighted by atomic mass is 10.2. The zero-order valence-corrected chi connectivity index (χ0v) is 12.3. The Hall–Kier alpha value is -3.68. The van der Waals surface area contributed by atoms with E-state index in [0.717, 1.165) is 6.08 Å². The summed E-state index contributed by atoms with van der Waals surface area (Å²) in [6, 6.07) is 12.6. The van der Waals surface area contributed by atoms with Gasteiger partial charge in [-0.1, -0.05) is 18.2 Å². The van der Waals surface area contributed by atoms with E-state index in [9.17, 15) is 19.7 Å². The number of nitrogens with one attached hydrogen (secondary N) is 3. The quantitative estimate of drug-likeness (QED) is 0.456. The van der Waals surface area contributed by atoms with Crippen LogP contribution < -0.4 is 16.0 Å². The lowest BCUT2D eigenvalue weighted by Gasteiger charge is -2.20. The first kappa shape index (κ1) is 15.2. The fourth-order valence-electron chi connectivity index (χ4n) is 2.20. The first-order valence-electron chi connectivity index (χ1n) is 6.97. The van der Waals surface area contributed by atoms with Gasteiger partial charge in [0.2, 0.25) is 0 Å². The van der Waals surface area contributed by atoms with E-state index in [0.29, 0.717) is 11.4 Å². The van der Waals surface area contributed by atoms with Crippen LogP contribution in [0.15, 0.2) is 60.3 Å². The number of hydrogen-bond acceptors (Lipinski definition) is 5. The lowest BCUT2D eigenvalue weighted by Crippen LogP contribution is -2.27. The van der Waals surface area contributed by atoms with Crippen LogP contribution in [0.25, 0.3) is 0 Å². The summed E-state index contributed by atoms with van der Waals surface area (Å²) < 4.78 is 0. The number of carbonyl (C=O) groups excluding carboxylic acids is 2. The van der Waals surface area contributed by atoms with Crippen molar-refractivity contribution in [2.75, 3.05) is 16.0 Å². The van der Waals surface area contributed by atoms with Crippen molar-refractivity contribution >= 4 is 34.6 Å². The number of non-ortho nitro benzene ring substituents is 1. The van der Waals surface area contributed by atoms with Crippen LogP contribution in [0.3, 0.4) is 0 Å². The highest BCUT2D eigenvalue weighted by Crippen LogP contribution is 2.27. The predicted octanol–water partition coefficient (Wildman–Crippen LogP) is 2.48. The number of amides is 2. The fraction of sp³-hybridized carbons (Fsp3) is 0. The van der Waals surface area contributed by atoms with E-state index < -0.39 is 16.7 Å². The van der Waals surface area contributed by atoms with Crippen molar-refractivity contribution in [1.82, 2.24) is 0 Å². The highest BCUT2D eigenvalue weighted by atomic mass is 16.6. The van der Waals surface area contributed by atoms with Gasteiger partial charge in [0.1, 0.15) is 5.70 Å². The monoisotopic (exact) mass is 324 g/mol. The Labute approximate surface area is 136 Å². The molecule has 3 N–H and O–H groups in total. The Balaban J connectivity index is 1.77. The molecular formula is C16H12N4O4. The van der Waals surface area contributed by atoms with E-state index in [1.165, 1.54) is 24.3 Å². The summed E-state index contributed by atoms with van der Waals surface area (Å²) in [6.07, 6.45) is 1.10. The second-order valence-electron chi connectivity index (χ2n) is 4.98. The zero-order valence-electron chi connectivity index (χ0n) is 12.3. The van der Waals surface area contributed by atoms with Crippen LogP contribution in [-0.2, 0) is 9.59 Å². The third kappa shape index (κ3) is 3.22. The van der Waals surface area contributed by atoms with Gasteiger partial charge in [0.25, 0.3) is 17.5 Å². The Morgan fingerprint density at radius 1 is 1.08 bits per heavy atom. The molecule has 24 heavy (non-hydrogen) atoms. The number of nitro groups is 1. The van der Waals surface area contributed by atoms with E-state index in [-0.39, 0.29) is 17.1 Å². The summed E-state index contributed by atoms with van der Waals surface area (Å²) in [5.41, 5.74) is 1.51. The minimum atomic E-state index is -0.576. The molecule has 0 saturated carbocycles. The highest BCUT2D eigenvalue weighted by molar-refractivity contribution is 6.15. The van der Waals surface area contributed by atoms with Crippen LogP contribution in [0.2, 0.25) is 0 Å². The topological polar surface area (TPSA) is 113 Å². The number of fused-ring (bicyclic) bond motifs is 1. The molecule has 1 heterocycles. The largest absolute Gasteiger partial charge is 0.349 e. The van der Waals surface area contributed by atoms with Crippen molar-refractivity contribution in [1.29, 1.82) is 0 Å². The van der Waals surface area contributed by atoms with Crippen molar-refractivity contribution in [3.63, 3.8) is 0 Å². The van der Waals surface area contributed by atoms with Crippen molar-refractivity contribution in [2.45, 2.75) is 0 Å². The Bertz CT molecular complexity index is 876. The first-order valence-corrected chi connectivity index (χ1v) is 6.97. The molecule has 1 aliphatic heterocycles. The molecule has 0 fully saturated rings. The van der Waals surface area contributed by atoms with E-state index >= 15 is 0 Å². The molecule has 0 aliphatic carbocycles. The highest BCUT2D eigenvalue weighted by Gasteiger charge is 2.20. The van der Waals surface area contributed by atoms with Crippen LogP contribution in [0.4, 0.5) is 22.7 Å². The van der Waals surface area contributed by atoms with Gasteiger partial charge < -0.3 is 16.0 Å². The second-order valence-corrected chi connectivity index (χ2v) is 4.98. The lowest BCUT2D eigenvalue weighted by molar-refractivity contribution is -0.384. The molecule has 2 aromatic rings. The number of hydrogen-bond donors (Lipinski definition) is 3. The zero-order chi connectivity index (χ0) is 17.1. The predicted molar refractivity (Wildman–Crippen MR) is 88.5 cm³/mol. The van der Waals surface area contributed by atoms with Gasteiger partial charge in [-0.25, -0.2) is 0 Å². The van der Waals surface area contributed by atoms with Gasteiger partial charge in [0.05, 0.1) is 16.3 Å². The number of para-hydroxylation sites is 2. The molecule has 0 saturated heterocycles. The van der Waals surface area contributed by atoms with E-state index in [4.69, 9.17) is 0 Å². The maximum absolute atomic E-state index is 12.0. The molecule has 2 amide bonds. The Morgan fingerprint density at radius 3 is 2.50 bits per heavy atom. The number of nitro benzene ring substituents is 1. The molecule has 0 bridgehead atoms. The summed E-state index contributed by atoms with van der Waals surface area (Å²) in [6.45, 7) is 0. The molecule has 8 heteroatoms. The molecule has 8 nitrogen and oxygen atoms in total. The Morgan fingerprint density at radius 2 is 1.79 bits per heavy atom. The normalized spacial score (nSPS) is 14.3. The maximum Gasteiger partial charge on any atom is 0.272 e. The summed E-state index contributed by atoms with van der Waals surface area (Å²) in [4.78, 5) is 34.2. The van der Waals surface area contributed by atoms with Gasteiger partial charge in [-0.3, -0.25) is 19.7 Å². The molecule has 0 unspecified atom stereocenters. The number of rotatable bonds is 3. The summed E-state index contributed by atoms with van der Waals surface area (Å²) in [7, 11) is 0. The summed E-state index contributed by atoms with van der Waals surface area (Å²) in [5, 5.41) is 18.8. The van der Waals surface area contributed by atoms with E-state index in [1.54, 1.807) is 24.3 Å². The minimum Gasteiger partial charge on any atom is -0.349 e. The number of carbonyl (C=O) groups is 2. The SMILES string of the molecule is O=C(/C=C1\Nc2ccccc2NC1=O)Nc1cccc([N+](=O)[O-])c1. The Kier molecular flexibility index (Phi) is 3.94. The first-order chi connectivity index (χ1) is 11.5. The van der Waals surface area contributed by atoms with Gasteiger partial charge in [0.15, 0.2) is 0 Å². The van der Waals surface area contributed by atoms with Crippen LogP contribution in [0.1, 0.15) is 0 Å². The van der Waals surface area contributed by atoms with Crippen molar-refractivity contribution < 1.29 is 14.5 Å². The van der Waals surface area contributed by atoms with Crippen LogP contribution in [0, 0.1) is 10.1 Å². The van der Waals surface area contributed by atoms with Crippen LogP contribution >= 0.6 is 0 Å². The minimum absolute atomic E-state index is 0.0802. The molecule has 0 spiro atoms. The van der Waals surface area contributed by atoms with Gasteiger partial charge in [-0.2, -0.15) is 0 Å². The van der Waals surface area contributed by atoms with Crippen LogP contribution in [-0.4, -0.2) is 16.7 Å². The average Bonchev–Trinajstić information content (AvgIpc) is 2.55. The summed E-state index contributed by atoms with van der Waals surface area (Å²) >= 11 is 0. The molecule has 0 atom stereocenters. The van der Waals surface area contributed by atoms with Gasteiger partial charge in [-0.15, -0.1) is 0 Å². The molecule has 120 valence electrons. The van der Waals surface area contributed by atoms with Crippen molar-refractivity contribution in [3.8, 4) is 0 Å². The number of nitrogens with zero attached hydrogens (tertiary/aromatic N) is 1. The fourth-order valence-corrected chi connectivity index (χ4v) is 2.20. The van der Waals surface area contributed by atoms with Gasteiger partial charge in [-0.05, 0) is 18.2 Å². The molecule has 3 rings (SSSR count).